The number of amides is 2. The van der Waals surface area contributed by atoms with Gasteiger partial charge >= 0.3 is 6.09 Å². The highest BCUT2D eigenvalue weighted by Crippen LogP contribution is 2.30. The zero-order chi connectivity index (χ0) is 30.1. The summed E-state index contributed by atoms with van der Waals surface area (Å²) < 4.78 is 3.34. The molecule has 5 heterocycles. The SMILES string of the molecule is Cn1cc(-c2cn3ncc(C#N)c3c(-c3ccc(N4CCN(C(=O)[C@](C)(NC(=O)O)c5ccccc5)CC4)nc3)n2)cn1. The van der Waals surface area contributed by atoms with Crippen LogP contribution in [0.5, 0.6) is 0 Å². The van der Waals surface area contributed by atoms with Crippen molar-refractivity contribution >= 4 is 23.3 Å². The number of hydrogen-bond donors (Lipinski definition) is 2. The number of carbonyl (C=O) groups is 2. The summed E-state index contributed by atoms with van der Waals surface area (Å²) in [4.78, 5) is 38.5. The Bertz CT molecular complexity index is 1850. The minimum absolute atomic E-state index is 0.304. The van der Waals surface area contributed by atoms with Gasteiger partial charge in [0.15, 0.2) is 0 Å². The smallest absolute Gasteiger partial charge is 0.405 e. The molecule has 1 aliphatic heterocycles. The Hall–Kier alpha value is -5.77. The van der Waals surface area contributed by atoms with E-state index >= 15 is 0 Å². The number of carbonyl (C=O) groups excluding carboxylic acids is 1. The lowest BCUT2D eigenvalue weighted by Crippen LogP contribution is -2.59. The van der Waals surface area contributed by atoms with Gasteiger partial charge in [0.1, 0.15) is 28.5 Å². The number of benzene rings is 1. The Morgan fingerprint density at radius 1 is 0.977 bits per heavy atom. The lowest BCUT2D eigenvalue weighted by atomic mass is 9.90. The quantitative estimate of drug-likeness (QED) is 0.310. The molecule has 0 radical (unpaired) electrons. The molecule has 4 aromatic heterocycles. The maximum atomic E-state index is 13.6. The minimum Gasteiger partial charge on any atom is -0.465 e. The summed E-state index contributed by atoms with van der Waals surface area (Å²) in [5.41, 5.74) is 2.95. The van der Waals surface area contributed by atoms with Crippen molar-refractivity contribution in [3.63, 3.8) is 0 Å². The predicted octanol–water partition coefficient (Wildman–Crippen LogP) is 2.90. The first-order chi connectivity index (χ1) is 20.8. The molecular formula is C30H28N10O3. The third kappa shape index (κ3) is 5.10. The number of nitrogens with one attached hydrogen (secondary N) is 1. The molecule has 0 spiro atoms. The maximum Gasteiger partial charge on any atom is 0.405 e. The Labute approximate surface area is 246 Å². The lowest BCUT2D eigenvalue weighted by molar-refractivity contribution is -0.138. The fourth-order valence-corrected chi connectivity index (χ4v) is 5.39. The number of aryl methyl sites for hydroxylation is 1. The van der Waals surface area contributed by atoms with Crippen LogP contribution >= 0.6 is 0 Å². The topological polar surface area (TPSA) is 158 Å². The summed E-state index contributed by atoms with van der Waals surface area (Å²) in [5.74, 6) is 0.431. The van der Waals surface area contributed by atoms with E-state index in [0.717, 1.165) is 16.9 Å². The monoisotopic (exact) mass is 576 g/mol. The molecule has 13 heteroatoms. The Balaban J connectivity index is 1.22. The fraction of sp³-hybridized carbons (Fsp3) is 0.233. The number of piperazine rings is 1. The van der Waals surface area contributed by atoms with E-state index < -0.39 is 11.6 Å². The first kappa shape index (κ1) is 27.4. The highest BCUT2D eigenvalue weighted by molar-refractivity contribution is 5.91. The van der Waals surface area contributed by atoms with E-state index in [4.69, 9.17) is 9.97 Å². The molecule has 216 valence electrons. The molecule has 6 rings (SSSR count). The van der Waals surface area contributed by atoms with Gasteiger partial charge in [0.2, 0.25) is 0 Å². The number of nitriles is 1. The van der Waals surface area contributed by atoms with E-state index in [2.05, 4.69) is 26.5 Å². The van der Waals surface area contributed by atoms with Crippen LogP contribution in [0.2, 0.25) is 0 Å². The highest BCUT2D eigenvalue weighted by atomic mass is 16.4. The van der Waals surface area contributed by atoms with Crippen molar-refractivity contribution in [1.82, 2.24) is 39.6 Å². The Kier molecular flexibility index (Phi) is 6.95. The molecule has 0 aliphatic carbocycles. The number of hydrogen-bond acceptors (Lipinski definition) is 8. The normalized spacial score (nSPS) is 14.7. The van der Waals surface area contributed by atoms with E-state index in [1.165, 1.54) is 6.20 Å². The van der Waals surface area contributed by atoms with Gasteiger partial charge in [-0.15, -0.1) is 0 Å². The molecule has 0 bridgehead atoms. The second kappa shape index (κ2) is 10.9. The van der Waals surface area contributed by atoms with Crippen molar-refractivity contribution in [2.24, 2.45) is 7.05 Å². The highest BCUT2D eigenvalue weighted by Gasteiger charge is 2.41. The molecule has 1 aliphatic rings. The first-order valence-corrected chi connectivity index (χ1v) is 13.6. The van der Waals surface area contributed by atoms with E-state index in [1.807, 2.05) is 31.4 Å². The summed E-state index contributed by atoms with van der Waals surface area (Å²) in [5, 5.41) is 30.2. The number of carboxylic acid groups (broad SMARTS) is 1. The van der Waals surface area contributed by atoms with Crippen molar-refractivity contribution in [3.05, 3.63) is 84.6 Å². The minimum atomic E-state index is -1.41. The summed E-state index contributed by atoms with van der Waals surface area (Å²) in [7, 11) is 1.83. The van der Waals surface area contributed by atoms with Crippen LogP contribution in [0.1, 0.15) is 18.1 Å². The van der Waals surface area contributed by atoms with Crippen LogP contribution in [0.3, 0.4) is 0 Å². The van der Waals surface area contributed by atoms with Crippen LogP contribution < -0.4 is 10.2 Å². The molecule has 0 unspecified atom stereocenters. The standard InChI is InChI=1S/C30H28N10O3/c1-30(36-29(42)43,23-6-4-3-5-7-23)28(41)39-12-10-38(11-13-39)25-9-8-20(15-32-25)26-27-21(14-31)16-34-40(27)19-24(35-26)22-17-33-37(2)18-22/h3-9,15-19,36H,10-13H2,1-2H3,(H,42,43)/t30-/m1/s1. The molecule has 2 amide bonds. The van der Waals surface area contributed by atoms with E-state index in [-0.39, 0.29) is 5.91 Å². The maximum absolute atomic E-state index is 13.6. The molecule has 5 aromatic rings. The van der Waals surface area contributed by atoms with Gasteiger partial charge in [0.05, 0.1) is 30.0 Å². The van der Waals surface area contributed by atoms with Crippen molar-refractivity contribution in [3.8, 4) is 28.6 Å². The number of anilines is 1. The van der Waals surface area contributed by atoms with Crippen LogP contribution in [0, 0.1) is 11.3 Å². The van der Waals surface area contributed by atoms with E-state index in [9.17, 15) is 20.0 Å². The number of aromatic nitrogens is 6. The zero-order valence-corrected chi connectivity index (χ0v) is 23.5. The molecule has 1 atom stereocenters. The van der Waals surface area contributed by atoms with Crippen LogP contribution in [0.4, 0.5) is 10.6 Å². The summed E-state index contributed by atoms with van der Waals surface area (Å²) in [6.07, 6.45) is 7.33. The number of rotatable bonds is 6. The number of pyridine rings is 1. The van der Waals surface area contributed by atoms with Crippen LogP contribution in [-0.4, -0.2) is 77.5 Å². The first-order valence-electron chi connectivity index (χ1n) is 13.6. The second-order valence-electron chi connectivity index (χ2n) is 10.4. The van der Waals surface area contributed by atoms with Gasteiger partial charge in [0.25, 0.3) is 5.91 Å². The summed E-state index contributed by atoms with van der Waals surface area (Å²) >= 11 is 0. The number of nitrogens with zero attached hydrogens (tertiary/aromatic N) is 9. The van der Waals surface area contributed by atoms with Gasteiger partial charge in [-0.2, -0.15) is 15.5 Å². The third-order valence-electron chi connectivity index (χ3n) is 7.67. The van der Waals surface area contributed by atoms with Crippen molar-refractivity contribution in [2.45, 2.75) is 12.5 Å². The van der Waals surface area contributed by atoms with Crippen molar-refractivity contribution in [2.75, 3.05) is 31.1 Å². The summed E-state index contributed by atoms with van der Waals surface area (Å²) in [6, 6.07) is 14.9. The van der Waals surface area contributed by atoms with Gasteiger partial charge in [-0.3, -0.25) is 9.48 Å². The van der Waals surface area contributed by atoms with Gasteiger partial charge in [0, 0.05) is 56.7 Å². The van der Waals surface area contributed by atoms with Crippen LogP contribution in [0.25, 0.3) is 28.0 Å². The largest absolute Gasteiger partial charge is 0.465 e. The lowest BCUT2D eigenvalue weighted by Gasteiger charge is -2.40. The Morgan fingerprint density at radius 2 is 1.74 bits per heavy atom. The van der Waals surface area contributed by atoms with Crippen LogP contribution in [0.15, 0.2) is 73.4 Å². The predicted molar refractivity (Wildman–Crippen MR) is 157 cm³/mol. The Morgan fingerprint density at radius 3 is 2.37 bits per heavy atom. The molecule has 1 fully saturated rings. The second-order valence-corrected chi connectivity index (χ2v) is 10.4. The molecule has 1 saturated heterocycles. The van der Waals surface area contributed by atoms with Gasteiger partial charge in [-0.05, 0) is 24.6 Å². The molecule has 13 nitrogen and oxygen atoms in total. The van der Waals surface area contributed by atoms with Crippen LogP contribution in [-0.2, 0) is 17.4 Å². The molecule has 43 heavy (non-hydrogen) atoms. The van der Waals surface area contributed by atoms with Gasteiger partial charge < -0.3 is 20.2 Å². The van der Waals surface area contributed by atoms with Crippen molar-refractivity contribution in [1.29, 1.82) is 5.26 Å². The average Bonchev–Trinajstić information content (AvgIpc) is 3.66. The molecule has 0 saturated carbocycles. The molecular weight excluding hydrogens is 548 g/mol. The van der Waals surface area contributed by atoms with Gasteiger partial charge in [-0.25, -0.2) is 19.3 Å². The van der Waals surface area contributed by atoms with E-state index in [1.54, 1.807) is 63.9 Å². The average molecular weight is 577 g/mol. The van der Waals surface area contributed by atoms with E-state index in [0.29, 0.717) is 54.2 Å². The molecule has 2 N–H and O–H groups in total. The number of fused-ring (bicyclic) bond motifs is 1. The molecule has 1 aromatic carbocycles. The summed E-state index contributed by atoms with van der Waals surface area (Å²) in [6.45, 7) is 3.45. The zero-order valence-electron chi connectivity index (χ0n) is 23.5. The van der Waals surface area contributed by atoms with Gasteiger partial charge in [-0.1, -0.05) is 30.3 Å². The fourth-order valence-electron chi connectivity index (χ4n) is 5.39. The third-order valence-corrected chi connectivity index (χ3v) is 7.67. The van der Waals surface area contributed by atoms with Crippen molar-refractivity contribution < 1.29 is 14.7 Å².